The summed E-state index contributed by atoms with van der Waals surface area (Å²) >= 11 is 0. The van der Waals surface area contributed by atoms with Crippen molar-refractivity contribution in [2.75, 3.05) is 0 Å². The number of hydrogen-bond acceptors (Lipinski definition) is 1. The Hall–Kier alpha value is -1.31. The highest BCUT2D eigenvalue weighted by Gasteiger charge is 1.92. The van der Waals surface area contributed by atoms with Gasteiger partial charge in [0.2, 0.25) is 0 Å². The zero-order chi connectivity index (χ0) is 7.40. The molecule has 0 saturated heterocycles. The fourth-order valence-corrected chi connectivity index (χ4v) is 0.793. The molecule has 0 aromatic carbocycles. The Labute approximate surface area is 60.5 Å². The number of aromatic nitrogens is 2. The number of nitrogens with zero attached hydrogens (tertiary/aromatic N) is 2. The third-order valence-corrected chi connectivity index (χ3v) is 1.28. The van der Waals surface area contributed by atoms with E-state index in [-0.39, 0.29) is 0 Å². The summed E-state index contributed by atoms with van der Waals surface area (Å²) in [4.78, 5) is 3.96. The van der Waals surface area contributed by atoms with Crippen molar-refractivity contribution in [3.05, 3.63) is 37.5 Å². The van der Waals surface area contributed by atoms with E-state index in [1.54, 1.807) is 18.6 Å². The molecule has 1 rings (SSSR count). The molecule has 0 radical (unpaired) electrons. The molecule has 2 heteroatoms. The molecule has 0 bridgehead atoms. The van der Waals surface area contributed by atoms with E-state index in [0.717, 1.165) is 12.2 Å². The summed E-state index contributed by atoms with van der Waals surface area (Å²) in [6, 6.07) is 0. The maximum atomic E-state index is 3.96. The van der Waals surface area contributed by atoms with E-state index >= 15 is 0 Å². The van der Waals surface area contributed by atoms with E-state index in [1.165, 1.54) is 0 Å². The molecule has 0 amide bonds. The van der Waals surface area contributed by atoms with Crippen molar-refractivity contribution in [1.82, 2.24) is 9.55 Å². The lowest BCUT2D eigenvalue weighted by Gasteiger charge is -1.97. The van der Waals surface area contributed by atoms with Crippen LogP contribution in [0.2, 0.25) is 0 Å². The van der Waals surface area contributed by atoms with E-state index < -0.39 is 0 Å². The van der Waals surface area contributed by atoms with Gasteiger partial charge in [-0.15, -0.1) is 6.58 Å². The first-order chi connectivity index (χ1) is 4.88. The van der Waals surface area contributed by atoms with Crippen LogP contribution in [0.5, 0.6) is 0 Å². The second-order valence-electron chi connectivity index (χ2n) is 1.96. The minimum Gasteiger partial charge on any atom is -0.327 e. The Kier molecular flexibility index (Phi) is 2.05. The van der Waals surface area contributed by atoms with Crippen molar-refractivity contribution >= 4 is 6.08 Å². The molecule has 0 atom stereocenters. The summed E-state index contributed by atoms with van der Waals surface area (Å²) in [7, 11) is 0. The number of imidazole rings is 1. The molecule has 0 fully saturated rings. The van der Waals surface area contributed by atoms with Gasteiger partial charge in [0, 0.05) is 6.54 Å². The molecule has 1 aromatic heterocycles. The monoisotopic (exact) mass is 134 g/mol. The molecule has 2 nitrogen and oxygen atoms in total. The highest BCUT2D eigenvalue weighted by molar-refractivity contribution is 5.40. The zero-order valence-corrected chi connectivity index (χ0v) is 5.83. The minimum absolute atomic E-state index is 0.793. The maximum Gasteiger partial charge on any atom is 0.0953 e. The fourth-order valence-electron chi connectivity index (χ4n) is 0.793. The Morgan fingerprint density at radius 3 is 3.00 bits per heavy atom. The van der Waals surface area contributed by atoms with Crippen LogP contribution >= 0.6 is 0 Å². The number of rotatable bonds is 3. The first-order valence-electron chi connectivity index (χ1n) is 3.12. The molecule has 0 spiro atoms. The van der Waals surface area contributed by atoms with Gasteiger partial charge in [0.25, 0.3) is 0 Å². The second-order valence-corrected chi connectivity index (χ2v) is 1.96. The SMILES string of the molecule is C=CCn1cncc1C=C. The van der Waals surface area contributed by atoms with Crippen LogP contribution in [-0.4, -0.2) is 9.55 Å². The van der Waals surface area contributed by atoms with Crippen molar-refractivity contribution in [3.8, 4) is 0 Å². The summed E-state index contributed by atoms with van der Waals surface area (Å²) in [6.45, 7) is 8.07. The molecule has 0 saturated carbocycles. The molecule has 0 N–H and O–H groups in total. The summed E-state index contributed by atoms with van der Waals surface area (Å²) in [5.74, 6) is 0. The molecule has 52 valence electrons. The lowest BCUT2D eigenvalue weighted by Crippen LogP contribution is -1.93. The molecule has 0 unspecified atom stereocenters. The predicted molar refractivity (Wildman–Crippen MR) is 42.5 cm³/mol. The van der Waals surface area contributed by atoms with Crippen molar-refractivity contribution in [2.45, 2.75) is 6.54 Å². The van der Waals surface area contributed by atoms with E-state index in [4.69, 9.17) is 0 Å². The third-order valence-electron chi connectivity index (χ3n) is 1.28. The van der Waals surface area contributed by atoms with E-state index in [0.29, 0.717) is 0 Å². The van der Waals surface area contributed by atoms with Crippen LogP contribution in [-0.2, 0) is 6.54 Å². The van der Waals surface area contributed by atoms with Gasteiger partial charge in [0.1, 0.15) is 0 Å². The van der Waals surface area contributed by atoms with Gasteiger partial charge >= 0.3 is 0 Å². The van der Waals surface area contributed by atoms with Crippen LogP contribution in [0.3, 0.4) is 0 Å². The van der Waals surface area contributed by atoms with Gasteiger partial charge in [-0.2, -0.15) is 0 Å². The topological polar surface area (TPSA) is 17.8 Å². The number of hydrogen-bond donors (Lipinski definition) is 0. The molecule has 0 aliphatic heterocycles. The van der Waals surface area contributed by atoms with Gasteiger partial charge in [-0.25, -0.2) is 4.98 Å². The predicted octanol–water partition coefficient (Wildman–Crippen LogP) is 1.71. The highest BCUT2D eigenvalue weighted by atomic mass is 15.0. The first-order valence-corrected chi connectivity index (χ1v) is 3.12. The normalized spacial score (nSPS) is 9.20. The molecule has 0 aliphatic carbocycles. The standard InChI is InChI=1S/C8H10N2/c1-3-5-10-7-9-6-8(10)4-2/h3-4,6-7H,1-2,5H2. The van der Waals surface area contributed by atoms with Crippen molar-refractivity contribution < 1.29 is 0 Å². The largest absolute Gasteiger partial charge is 0.327 e. The van der Waals surface area contributed by atoms with E-state index in [1.807, 2.05) is 10.6 Å². The van der Waals surface area contributed by atoms with Crippen molar-refractivity contribution in [2.24, 2.45) is 0 Å². The third kappa shape index (κ3) is 1.16. The Morgan fingerprint density at radius 2 is 2.40 bits per heavy atom. The Balaban J connectivity index is 2.89. The average molecular weight is 134 g/mol. The molecule has 1 aromatic rings. The smallest absolute Gasteiger partial charge is 0.0953 e. The lowest BCUT2D eigenvalue weighted by molar-refractivity contribution is 0.813. The second kappa shape index (κ2) is 3.01. The fraction of sp³-hybridized carbons (Fsp3) is 0.125. The number of allylic oxidation sites excluding steroid dienone is 1. The first kappa shape index (κ1) is 6.81. The van der Waals surface area contributed by atoms with Crippen LogP contribution < -0.4 is 0 Å². The molecule has 1 heterocycles. The van der Waals surface area contributed by atoms with Gasteiger partial charge in [-0.05, 0) is 6.08 Å². The van der Waals surface area contributed by atoms with E-state index in [2.05, 4.69) is 18.1 Å². The summed E-state index contributed by atoms with van der Waals surface area (Å²) < 4.78 is 1.97. The Bertz CT molecular complexity index is 235. The van der Waals surface area contributed by atoms with Crippen molar-refractivity contribution in [1.29, 1.82) is 0 Å². The quantitative estimate of drug-likeness (QED) is 0.575. The van der Waals surface area contributed by atoms with Crippen LogP contribution in [0.4, 0.5) is 0 Å². The van der Waals surface area contributed by atoms with Gasteiger partial charge in [-0.3, -0.25) is 0 Å². The van der Waals surface area contributed by atoms with Crippen LogP contribution in [0.15, 0.2) is 31.8 Å². The van der Waals surface area contributed by atoms with Crippen LogP contribution in [0, 0.1) is 0 Å². The highest BCUT2D eigenvalue weighted by Crippen LogP contribution is 1.99. The molecule has 10 heavy (non-hydrogen) atoms. The van der Waals surface area contributed by atoms with E-state index in [9.17, 15) is 0 Å². The summed E-state index contributed by atoms with van der Waals surface area (Å²) in [5, 5.41) is 0. The molecular weight excluding hydrogens is 124 g/mol. The van der Waals surface area contributed by atoms with Gasteiger partial charge < -0.3 is 4.57 Å². The minimum atomic E-state index is 0.793. The average Bonchev–Trinajstić information content (AvgIpc) is 2.36. The summed E-state index contributed by atoms with van der Waals surface area (Å²) in [5.41, 5.74) is 1.03. The van der Waals surface area contributed by atoms with Gasteiger partial charge in [-0.1, -0.05) is 12.7 Å². The van der Waals surface area contributed by atoms with Gasteiger partial charge in [0.05, 0.1) is 18.2 Å². The zero-order valence-electron chi connectivity index (χ0n) is 5.83. The maximum absolute atomic E-state index is 3.96. The lowest BCUT2D eigenvalue weighted by atomic mass is 10.4. The van der Waals surface area contributed by atoms with Crippen LogP contribution in [0.1, 0.15) is 5.69 Å². The Morgan fingerprint density at radius 1 is 1.60 bits per heavy atom. The van der Waals surface area contributed by atoms with Gasteiger partial charge in [0.15, 0.2) is 0 Å². The van der Waals surface area contributed by atoms with Crippen molar-refractivity contribution in [3.63, 3.8) is 0 Å². The molecular formula is C8H10N2. The summed E-state index contributed by atoms with van der Waals surface area (Å²) in [6.07, 6.45) is 7.14. The van der Waals surface area contributed by atoms with Crippen LogP contribution in [0.25, 0.3) is 6.08 Å². The molecule has 0 aliphatic rings.